The summed E-state index contributed by atoms with van der Waals surface area (Å²) in [5.41, 5.74) is 0.870. The van der Waals surface area contributed by atoms with Crippen LogP contribution in [0.4, 0.5) is 14.9 Å². The van der Waals surface area contributed by atoms with Gasteiger partial charge >= 0.3 is 6.03 Å². The number of nitrogens with zero attached hydrogens (tertiary/aromatic N) is 2. The van der Waals surface area contributed by atoms with Crippen molar-refractivity contribution in [3.63, 3.8) is 0 Å². The number of amides is 3. The number of benzene rings is 2. The zero-order valence-electron chi connectivity index (χ0n) is 16.3. The van der Waals surface area contributed by atoms with Crippen molar-refractivity contribution in [3.8, 4) is 5.75 Å². The molecule has 8 heteroatoms. The van der Waals surface area contributed by atoms with Crippen LogP contribution in [0, 0.1) is 5.82 Å². The average Bonchev–Trinajstić information content (AvgIpc) is 2.75. The molecule has 0 spiro atoms. The van der Waals surface area contributed by atoms with E-state index in [1.807, 2.05) is 0 Å². The van der Waals surface area contributed by atoms with Crippen molar-refractivity contribution in [3.05, 3.63) is 59.9 Å². The van der Waals surface area contributed by atoms with E-state index in [0.29, 0.717) is 37.6 Å². The predicted octanol–water partition coefficient (Wildman–Crippen LogP) is 2.84. The van der Waals surface area contributed by atoms with Crippen molar-refractivity contribution in [2.24, 2.45) is 0 Å². The first-order valence-electron chi connectivity index (χ1n) is 9.42. The Labute approximate surface area is 169 Å². The largest absolute Gasteiger partial charge is 0.489 e. The minimum atomic E-state index is -0.449. The number of urea groups is 1. The number of rotatable bonds is 6. The maximum absolute atomic E-state index is 13.6. The van der Waals surface area contributed by atoms with Gasteiger partial charge in [-0.3, -0.25) is 4.79 Å². The fourth-order valence-corrected chi connectivity index (χ4v) is 2.88. The molecule has 3 rings (SSSR count). The van der Waals surface area contributed by atoms with Gasteiger partial charge in [-0.25, -0.2) is 9.18 Å². The molecule has 0 aromatic heterocycles. The van der Waals surface area contributed by atoms with Crippen LogP contribution in [0.2, 0.25) is 0 Å². The molecule has 29 heavy (non-hydrogen) atoms. The molecule has 1 fully saturated rings. The van der Waals surface area contributed by atoms with Crippen LogP contribution >= 0.6 is 0 Å². The van der Waals surface area contributed by atoms with Crippen molar-refractivity contribution < 1.29 is 23.5 Å². The molecule has 2 aromatic rings. The maximum atomic E-state index is 13.6. The monoisotopic (exact) mass is 401 g/mol. The molecular formula is C21H24FN3O4. The Morgan fingerprint density at radius 3 is 2.59 bits per heavy atom. The van der Waals surface area contributed by atoms with Gasteiger partial charge in [-0.2, -0.15) is 0 Å². The number of nitrogens with one attached hydrogen (secondary N) is 1. The van der Waals surface area contributed by atoms with Crippen LogP contribution < -0.4 is 10.1 Å². The number of carbonyl (C=O) groups is 2. The van der Waals surface area contributed by atoms with Gasteiger partial charge in [0.1, 0.15) is 6.61 Å². The third kappa shape index (κ3) is 5.45. The molecule has 2 aromatic carbocycles. The molecule has 1 aliphatic heterocycles. The summed E-state index contributed by atoms with van der Waals surface area (Å²) in [6.07, 6.45) is 0. The number of likely N-dealkylation sites (N-methyl/N-ethyl adjacent to an activating group) is 1. The first-order valence-corrected chi connectivity index (χ1v) is 9.42. The van der Waals surface area contributed by atoms with Gasteiger partial charge < -0.3 is 24.6 Å². The van der Waals surface area contributed by atoms with Gasteiger partial charge in [-0.1, -0.05) is 24.3 Å². The molecule has 1 heterocycles. The quantitative estimate of drug-likeness (QED) is 0.808. The first-order chi connectivity index (χ1) is 14.1. The number of anilines is 1. The van der Waals surface area contributed by atoms with Gasteiger partial charge in [0.25, 0.3) is 5.91 Å². The van der Waals surface area contributed by atoms with Crippen LogP contribution in [0.15, 0.2) is 48.5 Å². The number of carbonyl (C=O) groups excluding carboxylic acids is 2. The van der Waals surface area contributed by atoms with E-state index in [0.717, 1.165) is 0 Å². The Balaban J connectivity index is 1.57. The Bertz CT molecular complexity index is 855. The van der Waals surface area contributed by atoms with Crippen molar-refractivity contribution in [2.45, 2.75) is 0 Å². The molecular weight excluding hydrogens is 377 g/mol. The molecule has 0 radical (unpaired) electrons. The van der Waals surface area contributed by atoms with Gasteiger partial charge in [0, 0.05) is 20.1 Å². The van der Waals surface area contributed by atoms with Crippen LogP contribution in [0.3, 0.4) is 0 Å². The van der Waals surface area contributed by atoms with Crippen LogP contribution in [-0.2, 0) is 4.74 Å². The van der Waals surface area contributed by atoms with Gasteiger partial charge in [0.15, 0.2) is 11.6 Å². The molecule has 0 atom stereocenters. The number of para-hydroxylation sites is 2. The van der Waals surface area contributed by atoms with Crippen molar-refractivity contribution in [2.75, 3.05) is 51.8 Å². The highest BCUT2D eigenvalue weighted by Gasteiger charge is 2.22. The SMILES string of the molecule is CN(CCOc1ccccc1F)C(=O)Nc1ccccc1C(=O)N1CCOCC1. The number of hydrogen-bond acceptors (Lipinski definition) is 4. The highest BCUT2D eigenvalue weighted by Crippen LogP contribution is 2.19. The summed E-state index contributed by atoms with van der Waals surface area (Å²) < 4.78 is 24.2. The Morgan fingerprint density at radius 1 is 1.14 bits per heavy atom. The highest BCUT2D eigenvalue weighted by molar-refractivity contribution is 6.03. The van der Waals surface area contributed by atoms with E-state index in [1.165, 1.54) is 17.0 Å². The van der Waals surface area contributed by atoms with Crippen LogP contribution in [0.5, 0.6) is 5.75 Å². The fraction of sp³-hybridized carbons (Fsp3) is 0.333. The topological polar surface area (TPSA) is 71.1 Å². The summed E-state index contributed by atoms with van der Waals surface area (Å²) in [6.45, 7) is 2.44. The average molecular weight is 401 g/mol. The van der Waals surface area contributed by atoms with Gasteiger partial charge in [0.05, 0.1) is 31.0 Å². The van der Waals surface area contributed by atoms with E-state index in [4.69, 9.17) is 9.47 Å². The summed E-state index contributed by atoms with van der Waals surface area (Å²) in [5, 5.41) is 2.77. The molecule has 1 N–H and O–H groups in total. The maximum Gasteiger partial charge on any atom is 0.321 e. The minimum absolute atomic E-state index is 0.138. The second-order valence-electron chi connectivity index (χ2n) is 6.58. The van der Waals surface area contributed by atoms with Gasteiger partial charge in [0.2, 0.25) is 0 Å². The van der Waals surface area contributed by atoms with E-state index in [9.17, 15) is 14.0 Å². The predicted molar refractivity (Wildman–Crippen MR) is 107 cm³/mol. The second kappa shape index (κ2) is 9.88. The first kappa shape index (κ1) is 20.6. The molecule has 1 saturated heterocycles. The summed E-state index contributed by atoms with van der Waals surface area (Å²) in [7, 11) is 1.60. The second-order valence-corrected chi connectivity index (χ2v) is 6.58. The van der Waals surface area contributed by atoms with Crippen molar-refractivity contribution in [1.82, 2.24) is 9.80 Å². The van der Waals surface area contributed by atoms with Crippen molar-refractivity contribution >= 4 is 17.6 Å². The molecule has 3 amide bonds. The van der Waals surface area contributed by atoms with Gasteiger partial charge in [-0.05, 0) is 24.3 Å². The van der Waals surface area contributed by atoms with Gasteiger partial charge in [-0.15, -0.1) is 0 Å². The van der Waals surface area contributed by atoms with Crippen molar-refractivity contribution in [1.29, 1.82) is 0 Å². The van der Waals surface area contributed by atoms with Crippen LogP contribution in [0.1, 0.15) is 10.4 Å². The van der Waals surface area contributed by atoms with Crippen LogP contribution in [0.25, 0.3) is 0 Å². The lowest BCUT2D eigenvalue weighted by atomic mass is 10.1. The Kier molecular flexibility index (Phi) is 7.02. The summed E-state index contributed by atoms with van der Waals surface area (Å²) in [6, 6.07) is 12.6. The number of ether oxygens (including phenoxy) is 2. The minimum Gasteiger partial charge on any atom is -0.489 e. The van der Waals surface area contributed by atoms with Crippen LogP contribution in [-0.4, -0.2) is 68.2 Å². The van der Waals surface area contributed by atoms with E-state index in [2.05, 4.69) is 5.32 Å². The molecule has 0 bridgehead atoms. The Morgan fingerprint density at radius 2 is 1.83 bits per heavy atom. The van der Waals surface area contributed by atoms with E-state index < -0.39 is 5.82 Å². The fourth-order valence-electron chi connectivity index (χ4n) is 2.88. The summed E-state index contributed by atoms with van der Waals surface area (Å²) >= 11 is 0. The standard InChI is InChI=1S/C21H24FN3O4/c1-24(10-15-29-19-9-5-3-7-17(19)22)21(27)23-18-8-4-2-6-16(18)20(26)25-11-13-28-14-12-25/h2-9H,10-15H2,1H3,(H,23,27). The van der Waals surface area contributed by atoms with E-state index >= 15 is 0 Å². The number of morpholine rings is 1. The highest BCUT2D eigenvalue weighted by atomic mass is 19.1. The molecule has 7 nitrogen and oxygen atoms in total. The number of halogens is 1. The normalized spacial score (nSPS) is 13.7. The smallest absolute Gasteiger partial charge is 0.321 e. The molecule has 1 aliphatic rings. The molecule has 0 aliphatic carbocycles. The van der Waals surface area contributed by atoms with E-state index in [-0.39, 0.29) is 30.8 Å². The number of hydrogen-bond donors (Lipinski definition) is 1. The molecule has 154 valence electrons. The zero-order chi connectivity index (χ0) is 20.6. The Hall–Kier alpha value is -3.13. The molecule has 0 saturated carbocycles. The summed E-state index contributed by atoms with van der Waals surface area (Å²) in [4.78, 5) is 28.4. The van der Waals surface area contributed by atoms with E-state index in [1.54, 1.807) is 48.3 Å². The lowest BCUT2D eigenvalue weighted by molar-refractivity contribution is 0.0303. The third-order valence-corrected chi connectivity index (χ3v) is 4.56. The summed E-state index contributed by atoms with van der Waals surface area (Å²) in [5.74, 6) is -0.451. The lowest BCUT2D eigenvalue weighted by Crippen LogP contribution is -2.41. The lowest BCUT2D eigenvalue weighted by Gasteiger charge is -2.28. The zero-order valence-corrected chi connectivity index (χ0v) is 16.3. The molecule has 0 unspecified atom stereocenters. The third-order valence-electron chi connectivity index (χ3n) is 4.56.